The highest BCUT2D eigenvalue weighted by Gasteiger charge is 1.87. The predicted molar refractivity (Wildman–Crippen MR) is 67.1 cm³/mol. The molecule has 0 heterocycles. The lowest BCUT2D eigenvalue weighted by Gasteiger charge is -1.86. The summed E-state index contributed by atoms with van der Waals surface area (Å²) in [4.78, 5) is 20.2. The van der Waals surface area contributed by atoms with Crippen molar-refractivity contribution in [3.8, 4) is 0 Å². The number of hydrogen-bond acceptors (Lipinski definition) is 2. The van der Waals surface area contributed by atoms with Crippen LogP contribution < -0.4 is 0 Å². The molecule has 2 nitrogen and oxygen atoms in total. The number of unbranched alkanes of at least 4 members (excludes halogenated alkanes) is 1. The molecule has 0 fully saturated rings. The van der Waals surface area contributed by atoms with E-state index < -0.39 is 0 Å². The molecule has 92 valence electrons. The summed E-state index contributed by atoms with van der Waals surface area (Å²) in [5.74, 6) is 0.597. The zero-order chi connectivity index (χ0) is 12.7. The van der Waals surface area contributed by atoms with Crippen LogP contribution in [0.2, 0.25) is 0 Å². The molecular formula is C13H28O2. The minimum absolute atomic E-state index is 0.289. The van der Waals surface area contributed by atoms with E-state index in [9.17, 15) is 9.59 Å². The highest BCUT2D eigenvalue weighted by Crippen LogP contribution is 1.92. The Bertz CT molecular complexity index is 139. The first-order chi connectivity index (χ1) is 7.04. The Kier molecular flexibility index (Phi) is 25.1. The zero-order valence-electron chi connectivity index (χ0n) is 11.4. The van der Waals surface area contributed by atoms with E-state index >= 15 is 0 Å². The lowest BCUT2D eigenvalue weighted by atomic mass is 10.2. The molecule has 0 atom stereocenters. The topological polar surface area (TPSA) is 34.1 Å². The summed E-state index contributed by atoms with van der Waals surface area (Å²) in [5.41, 5.74) is 0. The van der Waals surface area contributed by atoms with Gasteiger partial charge in [0.1, 0.15) is 11.6 Å². The third-order valence-electron chi connectivity index (χ3n) is 1.48. The van der Waals surface area contributed by atoms with Gasteiger partial charge in [-0.25, -0.2) is 0 Å². The molecule has 0 aromatic heterocycles. The van der Waals surface area contributed by atoms with Crippen LogP contribution in [-0.2, 0) is 9.59 Å². The molecule has 0 rings (SSSR count). The molecule has 0 aliphatic carbocycles. The van der Waals surface area contributed by atoms with Crippen LogP contribution in [0.3, 0.4) is 0 Å². The number of Topliss-reactive ketones (excluding diaryl/α,β-unsaturated/α-hetero) is 2. The second-order valence-electron chi connectivity index (χ2n) is 3.26. The fraction of sp³-hybridized carbons (Fsp3) is 0.846. The zero-order valence-corrected chi connectivity index (χ0v) is 11.4. The minimum Gasteiger partial charge on any atom is -0.300 e. The average molecular weight is 216 g/mol. The molecule has 0 amide bonds. The van der Waals surface area contributed by atoms with E-state index in [1.807, 2.05) is 20.8 Å². The van der Waals surface area contributed by atoms with Crippen molar-refractivity contribution in [1.82, 2.24) is 0 Å². The van der Waals surface area contributed by atoms with Crippen molar-refractivity contribution < 1.29 is 9.59 Å². The standard InChI is InChI=1S/C6H12O.C5H10O.C2H6/c1-3-4-5-6(2)7;1-3-4-5(2)6;1-2/h3-5H2,1-2H3;3-4H2,1-2H3;1-2H3. The summed E-state index contributed by atoms with van der Waals surface area (Å²) in [6.45, 7) is 11.3. The summed E-state index contributed by atoms with van der Waals surface area (Å²) in [6.07, 6.45) is 4.65. The Balaban J connectivity index is -0.000000166. The van der Waals surface area contributed by atoms with Gasteiger partial charge >= 0.3 is 0 Å². The predicted octanol–water partition coefficient (Wildman–Crippen LogP) is 4.17. The van der Waals surface area contributed by atoms with Gasteiger partial charge in [0.25, 0.3) is 0 Å². The van der Waals surface area contributed by atoms with Gasteiger partial charge in [-0.15, -0.1) is 0 Å². The summed E-state index contributed by atoms with van der Waals surface area (Å²) >= 11 is 0. The van der Waals surface area contributed by atoms with Crippen molar-refractivity contribution in [2.45, 2.75) is 73.6 Å². The Morgan fingerprint density at radius 3 is 1.27 bits per heavy atom. The molecule has 0 saturated heterocycles. The Morgan fingerprint density at radius 2 is 1.20 bits per heavy atom. The number of rotatable bonds is 5. The third kappa shape index (κ3) is 42.7. The molecule has 2 heteroatoms. The first kappa shape index (κ1) is 19.8. The summed E-state index contributed by atoms with van der Waals surface area (Å²) in [5, 5.41) is 0. The van der Waals surface area contributed by atoms with Crippen LogP contribution in [0, 0.1) is 0 Å². The maximum atomic E-state index is 10.2. The molecule has 0 aromatic rings. The van der Waals surface area contributed by atoms with E-state index in [0.717, 1.165) is 32.1 Å². The quantitative estimate of drug-likeness (QED) is 0.691. The van der Waals surface area contributed by atoms with Gasteiger partial charge in [0.15, 0.2) is 0 Å². The molecule has 0 saturated carbocycles. The van der Waals surface area contributed by atoms with Gasteiger partial charge in [0.2, 0.25) is 0 Å². The molecular weight excluding hydrogens is 188 g/mol. The monoisotopic (exact) mass is 216 g/mol. The fourth-order valence-corrected chi connectivity index (χ4v) is 0.778. The highest BCUT2D eigenvalue weighted by atomic mass is 16.1. The smallest absolute Gasteiger partial charge is 0.129 e. The van der Waals surface area contributed by atoms with Gasteiger partial charge < -0.3 is 9.59 Å². The van der Waals surface area contributed by atoms with Crippen molar-refractivity contribution in [2.24, 2.45) is 0 Å². The lowest BCUT2D eigenvalue weighted by molar-refractivity contribution is -0.117. The maximum Gasteiger partial charge on any atom is 0.129 e. The van der Waals surface area contributed by atoms with Gasteiger partial charge in [-0.1, -0.05) is 34.1 Å². The number of hydrogen-bond donors (Lipinski definition) is 0. The number of carbonyl (C=O) groups is 2. The normalized spacial score (nSPS) is 7.87. The second-order valence-corrected chi connectivity index (χ2v) is 3.26. The molecule has 15 heavy (non-hydrogen) atoms. The van der Waals surface area contributed by atoms with E-state index in [2.05, 4.69) is 6.92 Å². The Hall–Kier alpha value is -0.660. The van der Waals surface area contributed by atoms with E-state index in [1.165, 1.54) is 0 Å². The number of ketones is 2. The molecule has 0 aliphatic rings. The van der Waals surface area contributed by atoms with Crippen molar-refractivity contribution in [1.29, 1.82) is 0 Å². The van der Waals surface area contributed by atoms with Crippen molar-refractivity contribution in [3.05, 3.63) is 0 Å². The third-order valence-corrected chi connectivity index (χ3v) is 1.48. The molecule has 0 aromatic carbocycles. The minimum atomic E-state index is 0.289. The van der Waals surface area contributed by atoms with Crippen LogP contribution in [0.5, 0.6) is 0 Å². The first-order valence-corrected chi connectivity index (χ1v) is 6.03. The van der Waals surface area contributed by atoms with Gasteiger partial charge in [0.05, 0.1) is 0 Å². The van der Waals surface area contributed by atoms with Crippen LogP contribution in [-0.4, -0.2) is 11.6 Å². The SMILES string of the molecule is CC.CCCC(C)=O.CCCCC(C)=O. The van der Waals surface area contributed by atoms with Crippen LogP contribution in [0.25, 0.3) is 0 Å². The average Bonchev–Trinajstić information content (AvgIpc) is 2.18. The van der Waals surface area contributed by atoms with Crippen molar-refractivity contribution in [3.63, 3.8) is 0 Å². The van der Waals surface area contributed by atoms with Gasteiger partial charge in [-0.3, -0.25) is 0 Å². The molecule has 0 unspecified atom stereocenters. The summed E-state index contributed by atoms with van der Waals surface area (Å²) < 4.78 is 0. The van der Waals surface area contributed by atoms with E-state index in [-0.39, 0.29) is 5.78 Å². The first-order valence-electron chi connectivity index (χ1n) is 6.03. The lowest BCUT2D eigenvalue weighted by Crippen LogP contribution is -1.86. The second kappa shape index (κ2) is 19.0. The van der Waals surface area contributed by atoms with Crippen molar-refractivity contribution >= 4 is 11.6 Å². The largest absolute Gasteiger partial charge is 0.300 e. The Morgan fingerprint density at radius 1 is 0.800 bits per heavy atom. The number of carbonyl (C=O) groups excluding carboxylic acids is 2. The molecule has 0 bridgehead atoms. The van der Waals surface area contributed by atoms with Gasteiger partial charge in [0, 0.05) is 12.8 Å². The molecule has 0 N–H and O–H groups in total. The molecule has 0 radical (unpaired) electrons. The van der Waals surface area contributed by atoms with Crippen LogP contribution in [0.1, 0.15) is 73.6 Å². The van der Waals surface area contributed by atoms with Crippen molar-refractivity contribution in [2.75, 3.05) is 0 Å². The summed E-state index contributed by atoms with van der Waals surface area (Å²) in [6, 6.07) is 0. The van der Waals surface area contributed by atoms with E-state index in [4.69, 9.17) is 0 Å². The fourth-order valence-electron chi connectivity index (χ4n) is 0.778. The molecule has 0 spiro atoms. The van der Waals surface area contributed by atoms with E-state index in [1.54, 1.807) is 13.8 Å². The van der Waals surface area contributed by atoms with Gasteiger partial charge in [-0.2, -0.15) is 0 Å². The Labute approximate surface area is 95.5 Å². The van der Waals surface area contributed by atoms with Crippen LogP contribution in [0.15, 0.2) is 0 Å². The van der Waals surface area contributed by atoms with Crippen LogP contribution >= 0.6 is 0 Å². The van der Waals surface area contributed by atoms with Gasteiger partial charge in [-0.05, 0) is 26.7 Å². The summed E-state index contributed by atoms with van der Waals surface area (Å²) in [7, 11) is 0. The molecule has 0 aliphatic heterocycles. The maximum absolute atomic E-state index is 10.2. The highest BCUT2D eigenvalue weighted by molar-refractivity contribution is 5.75. The van der Waals surface area contributed by atoms with E-state index in [0.29, 0.717) is 5.78 Å². The van der Waals surface area contributed by atoms with Crippen LogP contribution in [0.4, 0.5) is 0 Å².